The predicted octanol–water partition coefficient (Wildman–Crippen LogP) is 4.01. The van der Waals surface area contributed by atoms with Crippen LogP contribution in [0.3, 0.4) is 0 Å². The lowest BCUT2D eigenvalue weighted by molar-refractivity contribution is -0.384. The van der Waals surface area contributed by atoms with Crippen molar-refractivity contribution in [3.8, 4) is 5.75 Å². The second-order valence-electron chi connectivity index (χ2n) is 4.94. The molecule has 0 bridgehead atoms. The lowest BCUT2D eigenvalue weighted by Gasteiger charge is -2.07. The van der Waals surface area contributed by atoms with Crippen LogP contribution >= 0.6 is 11.6 Å². The Morgan fingerprint density at radius 3 is 2.50 bits per heavy atom. The van der Waals surface area contributed by atoms with Gasteiger partial charge < -0.3 is 4.74 Å². The zero-order chi connectivity index (χ0) is 16.3. The zero-order valence-corrected chi connectivity index (χ0v) is 12.9. The number of esters is 1. The maximum atomic E-state index is 11.9. The highest BCUT2D eigenvalue weighted by atomic mass is 35.5. The summed E-state index contributed by atoms with van der Waals surface area (Å²) in [6, 6.07) is 9.44. The molecule has 0 N–H and O–H groups in total. The molecular weight excluding hydrogens is 306 g/mol. The van der Waals surface area contributed by atoms with Gasteiger partial charge in [0.15, 0.2) is 0 Å². The van der Waals surface area contributed by atoms with Gasteiger partial charge in [0.1, 0.15) is 5.75 Å². The van der Waals surface area contributed by atoms with Gasteiger partial charge in [0.2, 0.25) is 0 Å². The number of hydrogen-bond donors (Lipinski definition) is 0. The fourth-order valence-corrected chi connectivity index (χ4v) is 2.14. The Hall–Kier alpha value is -2.40. The Morgan fingerprint density at radius 1 is 1.18 bits per heavy atom. The van der Waals surface area contributed by atoms with E-state index in [1.165, 1.54) is 12.1 Å². The van der Waals surface area contributed by atoms with E-state index in [-0.39, 0.29) is 22.9 Å². The van der Waals surface area contributed by atoms with E-state index in [0.717, 1.165) is 22.8 Å². The van der Waals surface area contributed by atoms with E-state index in [9.17, 15) is 14.9 Å². The van der Waals surface area contributed by atoms with Crippen LogP contribution in [-0.4, -0.2) is 10.9 Å². The average molecular weight is 320 g/mol. The molecular formula is C16H14ClNO4. The summed E-state index contributed by atoms with van der Waals surface area (Å²) in [5, 5.41) is 10.7. The van der Waals surface area contributed by atoms with E-state index in [1.54, 1.807) is 0 Å². The highest BCUT2D eigenvalue weighted by Crippen LogP contribution is 2.29. The number of non-ortho nitro benzene ring substituents is 1. The predicted molar refractivity (Wildman–Crippen MR) is 83.4 cm³/mol. The second kappa shape index (κ2) is 6.58. The number of carbonyl (C=O) groups is 1. The van der Waals surface area contributed by atoms with Crippen LogP contribution in [0.4, 0.5) is 5.69 Å². The summed E-state index contributed by atoms with van der Waals surface area (Å²) >= 11 is 5.88. The van der Waals surface area contributed by atoms with Gasteiger partial charge in [-0.25, -0.2) is 0 Å². The first kappa shape index (κ1) is 16.0. The van der Waals surface area contributed by atoms with Crippen molar-refractivity contribution in [2.45, 2.75) is 20.3 Å². The van der Waals surface area contributed by atoms with Gasteiger partial charge in [-0.2, -0.15) is 0 Å². The van der Waals surface area contributed by atoms with Crippen molar-refractivity contribution in [2.24, 2.45) is 0 Å². The molecule has 0 aromatic heterocycles. The van der Waals surface area contributed by atoms with Crippen LogP contribution in [-0.2, 0) is 11.2 Å². The molecule has 0 saturated carbocycles. The Kier molecular flexibility index (Phi) is 4.78. The Bertz CT molecular complexity index is 743. The number of carbonyl (C=O) groups excluding carboxylic acids is 1. The molecule has 6 heteroatoms. The quantitative estimate of drug-likeness (QED) is 0.369. The van der Waals surface area contributed by atoms with E-state index < -0.39 is 10.9 Å². The summed E-state index contributed by atoms with van der Waals surface area (Å²) < 4.78 is 5.16. The molecule has 0 aliphatic carbocycles. The number of nitro benzene ring substituents is 1. The fourth-order valence-electron chi connectivity index (χ4n) is 1.92. The van der Waals surface area contributed by atoms with Crippen LogP contribution in [0.5, 0.6) is 5.75 Å². The summed E-state index contributed by atoms with van der Waals surface area (Å²) in [6.07, 6.45) is 0.106. The number of nitro groups is 1. The topological polar surface area (TPSA) is 69.4 Å². The molecule has 22 heavy (non-hydrogen) atoms. The van der Waals surface area contributed by atoms with Gasteiger partial charge in [-0.05, 0) is 36.6 Å². The van der Waals surface area contributed by atoms with Crippen LogP contribution in [0.2, 0.25) is 5.02 Å². The Morgan fingerprint density at radius 2 is 1.91 bits per heavy atom. The van der Waals surface area contributed by atoms with Crippen molar-refractivity contribution in [2.75, 3.05) is 0 Å². The van der Waals surface area contributed by atoms with Gasteiger partial charge in [0, 0.05) is 12.1 Å². The molecule has 5 nitrogen and oxygen atoms in total. The molecule has 0 aliphatic rings. The lowest BCUT2D eigenvalue weighted by atomic mass is 10.0. The van der Waals surface area contributed by atoms with E-state index >= 15 is 0 Å². The molecule has 2 aromatic carbocycles. The molecule has 0 saturated heterocycles. The van der Waals surface area contributed by atoms with Crippen molar-refractivity contribution < 1.29 is 14.5 Å². The van der Waals surface area contributed by atoms with E-state index in [1.807, 2.05) is 32.0 Å². The maximum absolute atomic E-state index is 11.9. The summed E-state index contributed by atoms with van der Waals surface area (Å²) in [6.45, 7) is 3.96. The molecule has 0 spiro atoms. The maximum Gasteiger partial charge on any atom is 0.315 e. The second-order valence-corrected chi connectivity index (χ2v) is 5.35. The number of aryl methyl sites for hydroxylation is 2. The van der Waals surface area contributed by atoms with Crippen molar-refractivity contribution in [1.29, 1.82) is 0 Å². The van der Waals surface area contributed by atoms with Gasteiger partial charge >= 0.3 is 5.97 Å². The minimum Gasteiger partial charge on any atom is -0.425 e. The number of ether oxygens (including phenoxy) is 1. The first-order valence-corrected chi connectivity index (χ1v) is 6.95. The molecule has 2 rings (SSSR count). The number of nitrogens with zero attached hydrogens (tertiary/aromatic N) is 1. The van der Waals surface area contributed by atoms with E-state index in [0.29, 0.717) is 0 Å². The summed E-state index contributed by atoms with van der Waals surface area (Å²) in [5.74, 6) is -0.361. The van der Waals surface area contributed by atoms with E-state index in [4.69, 9.17) is 16.3 Å². The minimum absolute atomic E-state index is 0.0302. The number of rotatable bonds is 4. The average Bonchev–Trinajstić information content (AvgIpc) is 2.45. The first-order chi connectivity index (χ1) is 10.4. The first-order valence-electron chi connectivity index (χ1n) is 6.57. The third-order valence-corrected chi connectivity index (χ3v) is 3.57. The monoisotopic (exact) mass is 319 g/mol. The summed E-state index contributed by atoms with van der Waals surface area (Å²) in [5.41, 5.74) is 2.93. The van der Waals surface area contributed by atoms with Crippen LogP contribution in [0, 0.1) is 24.0 Å². The van der Waals surface area contributed by atoms with Crippen LogP contribution < -0.4 is 4.74 Å². The van der Waals surface area contributed by atoms with Crippen molar-refractivity contribution in [3.05, 3.63) is 68.2 Å². The fraction of sp³-hybridized carbons (Fsp3) is 0.188. The number of halogens is 1. The van der Waals surface area contributed by atoms with E-state index in [2.05, 4.69) is 0 Å². The molecule has 0 atom stereocenters. The van der Waals surface area contributed by atoms with Gasteiger partial charge in [-0.15, -0.1) is 0 Å². The highest BCUT2D eigenvalue weighted by Gasteiger charge is 2.14. The van der Waals surface area contributed by atoms with Gasteiger partial charge in [-0.1, -0.05) is 29.8 Å². The Labute approximate surface area is 132 Å². The summed E-state index contributed by atoms with van der Waals surface area (Å²) in [7, 11) is 0. The molecule has 114 valence electrons. The standard InChI is InChI=1S/C16H14ClNO4/c1-10-3-4-12(7-11(10)2)8-16(19)22-15-6-5-13(18(20)21)9-14(15)17/h3-7,9H,8H2,1-2H3. The van der Waals surface area contributed by atoms with Crippen LogP contribution in [0.1, 0.15) is 16.7 Å². The molecule has 0 fully saturated rings. The molecule has 0 aliphatic heterocycles. The van der Waals surface area contributed by atoms with Crippen molar-refractivity contribution in [1.82, 2.24) is 0 Å². The largest absolute Gasteiger partial charge is 0.425 e. The number of hydrogen-bond acceptors (Lipinski definition) is 4. The van der Waals surface area contributed by atoms with Crippen LogP contribution in [0.25, 0.3) is 0 Å². The van der Waals surface area contributed by atoms with Crippen LogP contribution in [0.15, 0.2) is 36.4 Å². The smallest absolute Gasteiger partial charge is 0.315 e. The van der Waals surface area contributed by atoms with Crippen molar-refractivity contribution >= 4 is 23.3 Å². The van der Waals surface area contributed by atoms with Gasteiger partial charge in [-0.3, -0.25) is 14.9 Å². The molecule has 0 heterocycles. The third-order valence-electron chi connectivity index (χ3n) is 3.27. The minimum atomic E-state index is -0.563. The number of benzene rings is 2. The Balaban J connectivity index is 2.08. The normalized spacial score (nSPS) is 10.3. The lowest BCUT2D eigenvalue weighted by Crippen LogP contribution is -2.11. The van der Waals surface area contributed by atoms with Gasteiger partial charge in [0.05, 0.1) is 16.4 Å². The van der Waals surface area contributed by atoms with Gasteiger partial charge in [0.25, 0.3) is 5.69 Å². The molecule has 0 unspecified atom stereocenters. The summed E-state index contributed by atoms with van der Waals surface area (Å²) in [4.78, 5) is 22.0. The zero-order valence-electron chi connectivity index (χ0n) is 12.1. The third kappa shape index (κ3) is 3.83. The molecule has 2 aromatic rings. The molecule has 0 radical (unpaired) electrons. The molecule has 0 amide bonds. The highest BCUT2D eigenvalue weighted by molar-refractivity contribution is 6.32. The SMILES string of the molecule is Cc1ccc(CC(=O)Oc2ccc([N+](=O)[O-])cc2Cl)cc1C. The van der Waals surface area contributed by atoms with Crippen molar-refractivity contribution in [3.63, 3.8) is 0 Å².